The van der Waals surface area contributed by atoms with Gasteiger partial charge in [0.1, 0.15) is 29.6 Å². The Morgan fingerprint density at radius 1 is 1.11 bits per heavy atom. The summed E-state index contributed by atoms with van der Waals surface area (Å²) in [6.45, 7) is 3.79. The average molecular weight is 491 g/mol. The van der Waals surface area contributed by atoms with Crippen LogP contribution in [0.5, 0.6) is 5.75 Å². The SMILES string of the molecule is CN(Cc1ccc(F)cc1)[C@@H]1[C@@H](O)[C@H](Oc2cccc(F)c2)C[C@H]1NC(=O)CC(C)(C)CC(=O)O. The van der Waals surface area contributed by atoms with E-state index in [1.807, 2.05) is 4.90 Å². The number of hydrogen-bond donors (Lipinski definition) is 3. The van der Waals surface area contributed by atoms with Crippen molar-refractivity contribution in [2.24, 2.45) is 5.41 Å². The molecular weight excluding hydrogens is 458 g/mol. The highest BCUT2D eigenvalue weighted by Crippen LogP contribution is 2.31. The van der Waals surface area contributed by atoms with Gasteiger partial charge < -0.3 is 20.3 Å². The van der Waals surface area contributed by atoms with Crippen LogP contribution >= 0.6 is 0 Å². The molecule has 4 atom stereocenters. The molecule has 0 unspecified atom stereocenters. The molecule has 35 heavy (non-hydrogen) atoms. The van der Waals surface area contributed by atoms with Crippen molar-refractivity contribution in [3.8, 4) is 5.75 Å². The second-order valence-corrected chi connectivity index (χ2v) is 9.96. The largest absolute Gasteiger partial charge is 0.487 e. The van der Waals surface area contributed by atoms with Gasteiger partial charge in [-0.05, 0) is 42.3 Å². The maximum atomic E-state index is 13.6. The van der Waals surface area contributed by atoms with Crippen LogP contribution in [-0.2, 0) is 16.1 Å². The third kappa shape index (κ3) is 7.47. The van der Waals surface area contributed by atoms with E-state index in [1.54, 1.807) is 39.1 Å². The summed E-state index contributed by atoms with van der Waals surface area (Å²) in [5.41, 5.74) is 0.0726. The number of carbonyl (C=O) groups is 2. The van der Waals surface area contributed by atoms with Crippen LogP contribution in [0, 0.1) is 17.0 Å². The number of halogens is 2. The normalized spacial score (nSPS) is 22.3. The van der Waals surface area contributed by atoms with Gasteiger partial charge >= 0.3 is 5.97 Å². The van der Waals surface area contributed by atoms with Gasteiger partial charge in [-0.15, -0.1) is 0 Å². The van der Waals surface area contributed by atoms with E-state index in [4.69, 9.17) is 9.84 Å². The molecule has 2 aromatic carbocycles. The lowest BCUT2D eigenvalue weighted by Gasteiger charge is -2.33. The van der Waals surface area contributed by atoms with Crippen LogP contribution in [-0.4, -0.2) is 58.3 Å². The zero-order chi connectivity index (χ0) is 25.8. The Bertz CT molecular complexity index is 1030. The number of carboxylic acids is 1. The van der Waals surface area contributed by atoms with Crippen LogP contribution in [0.2, 0.25) is 0 Å². The first-order valence-corrected chi connectivity index (χ1v) is 11.5. The third-order valence-electron chi connectivity index (χ3n) is 6.18. The molecule has 3 N–H and O–H groups in total. The summed E-state index contributed by atoms with van der Waals surface area (Å²) in [5.74, 6) is -1.87. The molecule has 0 aliphatic heterocycles. The Morgan fingerprint density at radius 2 is 1.80 bits per heavy atom. The number of aliphatic hydroxyl groups excluding tert-OH is 1. The summed E-state index contributed by atoms with van der Waals surface area (Å²) in [6.07, 6.45) is -1.63. The van der Waals surface area contributed by atoms with Crippen molar-refractivity contribution < 1.29 is 33.3 Å². The van der Waals surface area contributed by atoms with Crippen molar-refractivity contribution in [1.29, 1.82) is 0 Å². The second-order valence-electron chi connectivity index (χ2n) is 9.96. The van der Waals surface area contributed by atoms with Gasteiger partial charge in [0, 0.05) is 25.5 Å². The molecule has 2 aromatic rings. The molecule has 0 spiro atoms. The van der Waals surface area contributed by atoms with Gasteiger partial charge in [0.05, 0.1) is 18.5 Å². The molecule has 190 valence electrons. The molecular formula is C26H32F2N2O5. The summed E-state index contributed by atoms with van der Waals surface area (Å²) in [7, 11) is 1.79. The number of hydrogen-bond acceptors (Lipinski definition) is 5. The van der Waals surface area contributed by atoms with Gasteiger partial charge in [-0.25, -0.2) is 8.78 Å². The van der Waals surface area contributed by atoms with E-state index in [2.05, 4.69) is 5.32 Å². The zero-order valence-electron chi connectivity index (χ0n) is 20.1. The maximum Gasteiger partial charge on any atom is 0.303 e. The molecule has 0 aromatic heterocycles. The predicted octanol–water partition coefficient (Wildman–Crippen LogP) is 3.35. The number of ether oxygens (including phenoxy) is 1. The molecule has 1 amide bonds. The molecule has 1 aliphatic rings. The number of amides is 1. The van der Waals surface area contributed by atoms with E-state index >= 15 is 0 Å². The first kappa shape index (κ1) is 26.6. The number of benzene rings is 2. The van der Waals surface area contributed by atoms with Crippen molar-refractivity contribution >= 4 is 11.9 Å². The highest BCUT2D eigenvalue weighted by molar-refractivity contribution is 5.78. The van der Waals surface area contributed by atoms with Crippen LogP contribution < -0.4 is 10.1 Å². The minimum atomic E-state index is -1.01. The predicted molar refractivity (Wildman–Crippen MR) is 126 cm³/mol. The average Bonchev–Trinajstić information content (AvgIpc) is 3.02. The molecule has 7 nitrogen and oxygen atoms in total. The molecule has 3 rings (SSSR count). The fourth-order valence-electron chi connectivity index (χ4n) is 4.68. The maximum absolute atomic E-state index is 13.6. The highest BCUT2D eigenvalue weighted by atomic mass is 19.1. The lowest BCUT2D eigenvalue weighted by molar-refractivity contribution is -0.139. The molecule has 1 fully saturated rings. The summed E-state index contributed by atoms with van der Waals surface area (Å²) < 4.78 is 32.8. The second kappa shape index (κ2) is 11.1. The number of nitrogens with one attached hydrogen (secondary N) is 1. The Kier molecular flexibility index (Phi) is 8.45. The number of nitrogens with zero attached hydrogens (tertiary/aromatic N) is 1. The van der Waals surface area contributed by atoms with E-state index in [-0.39, 0.29) is 36.7 Å². The number of aliphatic hydroxyl groups is 1. The lowest BCUT2D eigenvalue weighted by Crippen LogP contribution is -2.52. The standard InChI is InChI=1S/C26H32F2N2O5/c1-26(2,14-23(32)33)13-22(31)29-20-12-21(35-19-6-4-5-18(28)11-19)25(34)24(20)30(3)15-16-7-9-17(27)10-8-16/h4-11,20-21,24-25,34H,12-15H2,1-3H3,(H,29,31)(H,32,33)/t20-,21-,24+,25+/m1/s1. The minimum Gasteiger partial charge on any atom is -0.487 e. The van der Waals surface area contributed by atoms with Gasteiger partial charge in [0.25, 0.3) is 0 Å². The van der Waals surface area contributed by atoms with Gasteiger partial charge in [-0.3, -0.25) is 14.5 Å². The number of likely N-dealkylation sites (N-methyl/N-ethyl adjacent to an activating group) is 1. The van der Waals surface area contributed by atoms with Crippen molar-refractivity contribution in [1.82, 2.24) is 10.2 Å². The van der Waals surface area contributed by atoms with Crippen LogP contribution in [0.15, 0.2) is 48.5 Å². The van der Waals surface area contributed by atoms with E-state index in [0.29, 0.717) is 6.54 Å². The number of aliphatic carboxylic acids is 1. The minimum absolute atomic E-state index is 0.00425. The van der Waals surface area contributed by atoms with Gasteiger partial charge in [0.2, 0.25) is 5.91 Å². The van der Waals surface area contributed by atoms with Crippen LogP contribution in [0.25, 0.3) is 0 Å². The molecule has 0 radical (unpaired) electrons. The Balaban J connectivity index is 1.77. The fraction of sp³-hybridized carbons (Fsp3) is 0.462. The third-order valence-corrected chi connectivity index (χ3v) is 6.18. The molecule has 1 aliphatic carbocycles. The smallest absolute Gasteiger partial charge is 0.303 e. The van der Waals surface area contributed by atoms with E-state index in [0.717, 1.165) is 5.56 Å². The summed E-state index contributed by atoms with van der Waals surface area (Å²) in [5, 5.41) is 23.2. The Hall–Kier alpha value is -3.04. The van der Waals surface area contributed by atoms with E-state index in [9.17, 15) is 23.5 Å². The summed E-state index contributed by atoms with van der Waals surface area (Å²) in [4.78, 5) is 25.8. The van der Waals surface area contributed by atoms with Crippen LogP contribution in [0.1, 0.15) is 38.7 Å². The number of carboxylic acid groups (broad SMARTS) is 1. The molecule has 0 heterocycles. The number of rotatable bonds is 10. The first-order valence-electron chi connectivity index (χ1n) is 11.5. The number of carbonyl (C=O) groups excluding carboxylic acids is 1. The van der Waals surface area contributed by atoms with Crippen molar-refractivity contribution in [3.05, 3.63) is 65.7 Å². The van der Waals surface area contributed by atoms with Crippen molar-refractivity contribution in [2.45, 2.75) is 63.9 Å². The quantitative estimate of drug-likeness (QED) is 0.473. The van der Waals surface area contributed by atoms with E-state index < -0.39 is 41.5 Å². The Morgan fingerprint density at radius 3 is 2.43 bits per heavy atom. The van der Waals surface area contributed by atoms with Gasteiger partial charge in [-0.2, -0.15) is 0 Å². The monoisotopic (exact) mass is 490 g/mol. The fourth-order valence-corrected chi connectivity index (χ4v) is 4.68. The lowest BCUT2D eigenvalue weighted by atomic mass is 9.85. The molecule has 1 saturated carbocycles. The van der Waals surface area contributed by atoms with Gasteiger partial charge in [0.15, 0.2) is 0 Å². The van der Waals surface area contributed by atoms with Gasteiger partial charge in [-0.1, -0.05) is 32.0 Å². The first-order chi connectivity index (χ1) is 16.4. The molecule has 9 heteroatoms. The summed E-state index contributed by atoms with van der Waals surface area (Å²) in [6, 6.07) is 10.6. The van der Waals surface area contributed by atoms with Crippen LogP contribution in [0.3, 0.4) is 0 Å². The van der Waals surface area contributed by atoms with E-state index in [1.165, 1.54) is 30.3 Å². The van der Waals surface area contributed by atoms with Crippen LogP contribution in [0.4, 0.5) is 8.78 Å². The zero-order valence-corrected chi connectivity index (χ0v) is 20.1. The highest BCUT2D eigenvalue weighted by Gasteiger charge is 2.46. The molecule has 0 saturated heterocycles. The topological polar surface area (TPSA) is 99.1 Å². The Labute approximate surface area is 203 Å². The van der Waals surface area contributed by atoms with Crippen molar-refractivity contribution in [2.75, 3.05) is 7.05 Å². The molecule has 0 bridgehead atoms. The summed E-state index contributed by atoms with van der Waals surface area (Å²) >= 11 is 0. The van der Waals surface area contributed by atoms with Crippen molar-refractivity contribution in [3.63, 3.8) is 0 Å².